The fourth-order valence-electron chi connectivity index (χ4n) is 0.494. The van der Waals surface area contributed by atoms with E-state index in [0.717, 1.165) is 13.1 Å². The number of amides is 2. The Balaban J connectivity index is -0.000000173. The van der Waals surface area contributed by atoms with Gasteiger partial charge >= 0.3 is 0 Å². The maximum absolute atomic E-state index is 10.4. The Morgan fingerprint density at radius 2 is 1.46 bits per heavy atom. The first-order valence-electron chi connectivity index (χ1n) is 3.41. The van der Waals surface area contributed by atoms with Crippen molar-refractivity contribution in [1.82, 2.24) is 4.90 Å². The molecule has 0 atom stereocenters. The molecule has 4 nitrogen and oxygen atoms in total. The van der Waals surface area contributed by atoms with E-state index in [2.05, 4.69) is 31.0 Å². The lowest BCUT2D eigenvalue weighted by atomic mass is 10.6. The zero-order valence-electron chi connectivity index (χ0n) is 7.15. The van der Waals surface area contributed by atoms with Crippen molar-refractivity contribution in [2.45, 2.75) is 21.3 Å². The summed E-state index contributed by atoms with van der Waals surface area (Å²) in [5.41, 5.74) is 4.34. The zero-order chi connectivity index (χ0) is 10.1. The first-order chi connectivity index (χ1) is 5.45. The van der Waals surface area contributed by atoms with Gasteiger partial charge in [0.2, 0.25) is 0 Å². The summed E-state index contributed by atoms with van der Waals surface area (Å²) in [6, 6.07) is 0. The molecule has 2 N–H and O–H groups in total. The number of rotatable bonds is 2. The Morgan fingerprint density at radius 3 is 1.46 bits per heavy atom. The smallest absolute Gasteiger partial charge is 0.278 e. The zero-order valence-corrected chi connectivity index (χ0v) is 8.94. The normalized spacial score (nSPS) is 7.38. The van der Waals surface area contributed by atoms with E-state index < -0.39 is 5.24 Å². The molecule has 80 valence electrons. The van der Waals surface area contributed by atoms with Gasteiger partial charge in [-0.1, -0.05) is 32.7 Å². The average molecular weight is 226 g/mol. The van der Waals surface area contributed by atoms with E-state index in [0.29, 0.717) is 0 Å². The molecule has 0 aromatic rings. The molecule has 6 heteroatoms. The highest BCUT2D eigenvalue weighted by atomic mass is 32.1. The number of primary amides is 1. The van der Waals surface area contributed by atoms with E-state index in [9.17, 15) is 4.79 Å². The lowest BCUT2D eigenvalue weighted by Gasteiger charge is -2.13. The summed E-state index contributed by atoms with van der Waals surface area (Å²) in [5.74, 6) is 0. The first-order valence-corrected chi connectivity index (χ1v) is 4.31. The highest BCUT2D eigenvalue weighted by Gasteiger charge is 2.00. The number of hydrogen-bond acceptors (Lipinski definition) is 2. The number of nitrogens with two attached hydrogens (primary N) is 1. The number of thiol groups is 2. The molecule has 0 heterocycles. The van der Waals surface area contributed by atoms with Crippen molar-refractivity contribution >= 4 is 35.7 Å². The number of carbonyl (C=O) groups excluding carboxylic acids is 2. The van der Waals surface area contributed by atoms with Gasteiger partial charge in [-0.25, -0.2) is 0 Å². The Morgan fingerprint density at radius 1 is 1.23 bits per heavy atom. The second-order valence-corrected chi connectivity index (χ2v) is 2.62. The van der Waals surface area contributed by atoms with Gasteiger partial charge in [0.1, 0.15) is 0 Å². The molecule has 0 aliphatic heterocycles. The van der Waals surface area contributed by atoms with Crippen LogP contribution in [0.3, 0.4) is 0 Å². The molecule has 0 radical (unpaired) electrons. The van der Waals surface area contributed by atoms with Crippen molar-refractivity contribution in [2.75, 3.05) is 13.1 Å². The molecular weight excluding hydrogens is 208 g/mol. The number of hydrogen-bond donors (Lipinski definition) is 3. The van der Waals surface area contributed by atoms with Crippen LogP contribution < -0.4 is 5.73 Å². The van der Waals surface area contributed by atoms with Crippen LogP contribution in [0.2, 0.25) is 0 Å². The van der Waals surface area contributed by atoms with Crippen LogP contribution >= 0.6 is 25.3 Å². The van der Waals surface area contributed by atoms with Crippen LogP contribution in [0.4, 0.5) is 9.59 Å². The summed E-state index contributed by atoms with van der Waals surface area (Å²) < 4.78 is 0. The SMILES string of the molecule is C.CCN(CC)C(=O)S.NC(=O)S. The summed E-state index contributed by atoms with van der Waals surface area (Å²) in [6.45, 7) is 5.35. The number of nitrogens with zero attached hydrogens (tertiary/aromatic N) is 1. The third-order valence-electron chi connectivity index (χ3n) is 1.03. The fraction of sp³-hybridized carbons (Fsp3) is 0.714. The summed E-state index contributed by atoms with van der Waals surface area (Å²) in [5, 5.41) is -0.782. The van der Waals surface area contributed by atoms with Gasteiger partial charge in [-0.15, -0.1) is 0 Å². The molecule has 0 saturated carbocycles. The van der Waals surface area contributed by atoms with Gasteiger partial charge < -0.3 is 10.6 Å². The monoisotopic (exact) mass is 226 g/mol. The van der Waals surface area contributed by atoms with E-state index in [-0.39, 0.29) is 12.7 Å². The van der Waals surface area contributed by atoms with Crippen molar-refractivity contribution < 1.29 is 9.59 Å². The van der Waals surface area contributed by atoms with Gasteiger partial charge in [0.05, 0.1) is 0 Å². The minimum Gasteiger partial charge on any atom is -0.361 e. The topological polar surface area (TPSA) is 63.4 Å². The predicted molar refractivity (Wildman–Crippen MR) is 62.6 cm³/mol. The highest BCUT2D eigenvalue weighted by molar-refractivity contribution is 7.96. The Labute approximate surface area is 90.7 Å². The van der Waals surface area contributed by atoms with Crippen LogP contribution in [0.5, 0.6) is 0 Å². The van der Waals surface area contributed by atoms with Gasteiger partial charge in [0.25, 0.3) is 10.5 Å². The van der Waals surface area contributed by atoms with E-state index >= 15 is 0 Å². The van der Waals surface area contributed by atoms with Gasteiger partial charge in [-0.2, -0.15) is 0 Å². The molecule has 0 fully saturated rings. The van der Waals surface area contributed by atoms with Gasteiger partial charge in [-0.05, 0) is 13.8 Å². The van der Waals surface area contributed by atoms with E-state index in [1.165, 1.54) is 0 Å². The lowest BCUT2D eigenvalue weighted by Crippen LogP contribution is -2.24. The third kappa shape index (κ3) is 18.5. The summed E-state index contributed by atoms with van der Waals surface area (Å²) in [7, 11) is 0. The Bertz CT molecular complexity index is 145. The standard InChI is InChI=1S/C5H11NOS.CH3NOS.CH4/c1-3-6(4-2)5(7)8;2-1(3)4;/h3-4H2,1-2H3,(H,7,8);(H3,2,3,4);1H4. The van der Waals surface area contributed by atoms with Crippen LogP contribution in [0.1, 0.15) is 21.3 Å². The molecule has 0 aliphatic carbocycles. The van der Waals surface area contributed by atoms with Gasteiger partial charge in [0, 0.05) is 13.1 Å². The second-order valence-electron chi connectivity index (χ2n) is 1.79. The summed E-state index contributed by atoms with van der Waals surface area (Å²) in [6.07, 6.45) is 0. The van der Waals surface area contributed by atoms with E-state index in [4.69, 9.17) is 4.79 Å². The van der Waals surface area contributed by atoms with Crippen LogP contribution in [-0.2, 0) is 0 Å². The molecule has 0 bridgehead atoms. The Hall–Kier alpha value is -0.360. The predicted octanol–water partition coefficient (Wildman–Crippen LogP) is 2.01. The third-order valence-corrected chi connectivity index (χ3v) is 1.32. The largest absolute Gasteiger partial charge is 0.361 e. The first kappa shape index (κ1) is 18.4. The molecule has 13 heavy (non-hydrogen) atoms. The molecular formula is C7H18N2O2S2. The van der Waals surface area contributed by atoms with Crippen molar-refractivity contribution in [3.05, 3.63) is 0 Å². The fourth-order valence-corrected chi connectivity index (χ4v) is 0.777. The molecule has 0 rings (SSSR count). The lowest BCUT2D eigenvalue weighted by molar-refractivity contribution is 0.229. The summed E-state index contributed by atoms with van der Waals surface area (Å²) >= 11 is 6.75. The molecule has 2 amide bonds. The molecule has 0 unspecified atom stereocenters. The van der Waals surface area contributed by atoms with Crippen LogP contribution in [-0.4, -0.2) is 28.5 Å². The second kappa shape index (κ2) is 11.6. The van der Waals surface area contributed by atoms with Crippen molar-refractivity contribution in [1.29, 1.82) is 0 Å². The van der Waals surface area contributed by atoms with Crippen LogP contribution in [0.25, 0.3) is 0 Å². The molecule has 0 spiro atoms. The van der Waals surface area contributed by atoms with Gasteiger partial charge in [-0.3, -0.25) is 9.59 Å². The van der Waals surface area contributed by atoms with E-state index in [1.54, 1.807) is 4.90 Å². The minimum absolute atomic E-state index is 0. The van der Waals surface area contributed by atoms with E-state index in [1.807, 2.05) is 13.8 Å². The molecule has 0 aliphatic rings. The van der Waals surface area contributed by atoms with Crippen LogP contribution in [0.15, 0.2) is 0 Å². The maximum Gasteiger partial charge on any atom is 0.278 e. The number of carbonyl (C=O) groups is 2. The van der Waals surface area contributed by atoms with Crippen molar-refractivity contribution in [2.24, 2.45) is 5.73 Å². The highest BCUT2D eigenvalue weighted by Crippen LogP contribution is 1.92. The average Bonchev–Trinajstić information content (AvgIpc) is 1.87. The molecule has 0 saturated heterocycles. The van der Waals surface area contributed by atoms with Crippen LogP contribution in [0, 0.1) is 0 Å². The van der Waals surface area contributed by atoms with Crippen molar-refractivity contribution in [3.63, 3.8) is 0 Å². The van der Waals surface area contributed by atoms with Crippen molar-refractivity contribution in [3.8, 4) is 0 Å². The maximum atomic E-state index is 10.4. The van der Waals surface area contributed by atoms with Gasteiger partial charge in [0.15, 0.2) is 0 Å². The minimum atomic E-state index is -0.639. The molecule has 0 aromatic heterocycles. The summed E-state index contributed by atoms with van der Waals surface area (Å²) in [4.78, 5) is 21.1. The molecule has 0 aromatic carbocycles. The quantitative estimate of drug-likeness (QED) is 0.631. The Kier molecular flexibility index (Phi) is 16.5.